The van der Waals surface area contributed by atoms with E-state index in [1.54, 1.807) is 48.5 Å². The number of nitrogens with one attached hydrogen (secondary N) is 1. The number of benzene rings is 3. The summed E-state index contributed by atoms with van der Waals surface area (Å²) in [4.78, 5) is 30.6. The van der Waals surface area contributed by atoms with Crippen LogP contribution in [0.1, 0.15) is 5.56 Å². The molecule has 0 bridgehead atoms. The van der Waals surface area contributed by atoms with Crippen molar-refractivity contribution < 1.29 is 18.7 Å². The van der Waals surface area contributed by atoms with Crippen molar-refractivity contribution in [2.45, 2.75) is 11.6 Å². The topological polar surface area (TPSA) is 82.5 Å². The van der Waals surface area contributed by atoms with Crippen molar-refractivity contribution in [1.29, 1.82) is 0 Å². The van der Waals surface area contributed by atoms with E-state index in [-0.39, 0.29) is 23.0 Å². The number of thioether (sulfide) groups is 1. The fraction of sp³-hybridized carbons (Fsp3) is 0.192. The number of carbonyl (C=O) groups is 1. The Kier molecular flexibility index (Phi) is 7.67. The molecular formula is C26H24FN3O4S. The van der Waals surface area contributed by atoms with E-state index >= 15 is 0 Å². The molecule has 0 fully saturated rings. The Labute approximate surface area is 205 Å². The average molecular weight is 494 g/mol. The molecule has 4 aromatic rings. The highest BCUT2D eigenvalue weighted by Crippen LogP contribution is 2.30. The second-order valence-electron chi connectivity index (χ2n) is 7.61. The van der Waals surface area contributed by atoms with Crippen molar-refractivity contribution in [3.8, 4) is 17.2 Å². The molecule has 1 aromatic heterocycles. The van der Waals surface area contributed by atoms with Crippen LogP contribution in [0.25, 0.3) is 16.6 Å². The quantitative estimate of drug-likeness (QED) is 0.280. The molecule has 0 atom stereocenters. The van der Waals surface area contributed by atoms with Gasteiger partial charge in [0.25, 0.3) is 5.56 Å². The van der Waals surface area contributed by atoms with Gasteiger partial charge in [0.05, 0.1) is 36.6 Å². The van der Waals surface area contributed by atoms with Gasteiger partial charge >= 0.3 is 0 Å². The van der Waals surface area contributed by atoms with E-state index in [0.29, 0.717) is 46.2 Å². The fourth-order valence-electron chi connectivity index (χ4n) is 3.58. The average Bonchev–Trinajstić information content (AvgIpc) is 2.88. The third kappa shape index (κ3) is 5.63. The minimum Gasteiger partial charge on any atom is -0.493 e. The van der Waals surface area contributed by atoms with Gasteiger partial charge in [-0.25, -0.2) is 9.37 Å². The maximum absolute atomic E-state index is 13.4. The summed E-state index contributed by atoms with van der Waals surface area (Å²) >= 11 is 1.17. The molecule has 0 aliphatic carbocycles. The molecule has 1 N–H and O–H groups in total. The van der Waals surface area contributed by atoms with Crippen molar-refractivity contribution in [1.82, 2.24) is 14.9 Å². The Balaban J connectivity index is 1.56. The summed E-state index contributed by atoms with van der Waals surface area (Å²) < 4.78 is 25.2. The Morgan fingerprint density at radius 3 is 2.51 bits per heavy atom. The number of fused-ring (bicyclic) bond motifs is 1. The molecular weight excluding hydrogens is 469 g/mol. The van der Waals surface area contributed by atoms with Gasteiger partial charge in [-0.05, 0) is 48.4 Å². The van der Waals surface area contributed by atoms with E-state index in [0.717, 1.165) is 5.56 Å². The van der Waals surface area contributed by atoms with Gasteiger partial charge in [0.1, 0.15) is 5.82 Å². The predicted octanol–water partition coefficient (Wildman–Crippen LogP) is 3.99. The molecule has 180 valence electrons. The SMILES string of the molecule is COc1ccc(-n2c(SCC(=O)NCCc3ccc(F)cc3)nc3ccccc3c2=O)cc1OC. The lowest BCUT2D eigenvalue weighted by molar-refractivity contribution is -0.118. The summed E-state index contributed by atoms with van der Waals surface area (Å²) in [7, 11) is 3.06. The maximum Gasteiger partial charge on any atom is 0.266 e. The molecule has 0 aliphatic heterocycles. The van der Waals surface area contributed by atoms with Crippen LogP contribution >= 0.6 is 11.8 Å². The van der Waals surface area contributed by atoms with Gasteiger partial charge in [-0.15, -0.1) is 0 Å². The second-order valence-corrected chi connectivity index (χ2v) is 8.55. The molecule has 7 nitrogen and oxygen atoms in total. The van der Waals surface area contributed by atoms with Crippen LogP contribution < -0.4 is 20.3 Å². The first kappa shape index (κ1) is 24.3. The minimum atomic E-state index is -0.294. The summed E-state index contributed by atoms with van der Waals surface area (Å²) in [6.45, 7) is 0.415. The highest BCUT2D eigenvalue weighted by molar-refractivity contribution is 7.99. The molecule has 4 rings (SSSR count). The molecule has 0 saturated heterocycles. The van der Waals surface area contributed by atoms with Crippen LogP contribution in [0, 0.1) is 5.82 Å². The molecule has 35 heavy (non-hydrogen) atoms. The molecule has 0 spiro atoms. The fourth-order valence-corrected chi connectivity index (χ4v) is 4.42. The smallest absolute Gasteiger partial charge is 0.266 e. The van der Waals surface area contributed by atoms with Crippen molar-refractivity contribution in [2.24, 2.45) is 0 Å². The Bertz CT molecular complexity index is 1410. The maximum atomic E-state index is 13.4. The summed E-state index contributed by atoms with van der Waals surface area (Å²) in [6.07, 6.45) is 0.585. The molecule has 0 radical (unpaired) electrons. The first-order valence-corrected chi connectivity index (χ1v) is 11.9. The van der Waals surface area contributed by atoms with Crippen LogP contribution in [0.5, 0.6) is 11.5 Å². The zero-order chi connectivity index (χ0) is 24.8. The van der Waals surface area contributed by atoms with Gasteiger partial charge < -0.3 is 14.8 Å². The number of hydrogen-bond acceptors (Lipinski definition) is 6. The van der Waals surface area contributed by atoms with Gasteiger partial charge in [0.15, 0.2) is 16.7 Å². The minimum absolute atomic E-state index is 0.0709. The van der Waals surface area contributed by atoms with Crippen molar-refractivity contribution >= 4 is 28.6 Å². The van der Waals surface area contributed by atoms with Gasteiger partial charge in [-0.2, -0.15) is 0 Å². The molecule has 1 amide bonds. The van der Waals surface area contributed by atoms with E-state index < -0.39 is 0 Å². The van der Waals surface area contributed by atoms with Crippen LogP contribution in [0.3, 0.4) is 0 Å². The largest absolute Gasteiger partial charge is 0.493 e. The van der Waals surface area contributed by atoms with Crippen LogP contribution in [0.15, 0.2) is 76.7 Å². The van der Waals surface area contributed by atoms with E-state index in [1.807, 2.05) is 6.07 Å². The Morgan fingerprint density at radius 1 is 1.03 bits per heavy atom. The number of para-hydroxylation sites is 1. The monoisotopic (exact) mass is 493 g/mol. The number of aromatic nitrogens is 2. The Morgan fingerprint density at radius 2 is 1.77 bits per heavy atom. The zero-order valence-electron chi connectivity index (χ0n) is 19.3. The van der Waals surface area contributed by atoms with Crippen molar-refractivity contribution in [3.05, 3.63) is 88.5 Å². The number of hydrogen-bond donors (Lipinski definition) is 1. The number of carbonyl (C=O) groups excluding carboxylic acids is 1. The highest BCUT2D eigenvalue weighted by atomic mass is 32.2. The van der Waals surface area contributed by atoms with Gasteiger partial charge in [0, 0.05) is 12.6 Å². The number of rotatable bonds is 9. The summed E-state index contributed by atoms with van der Waals surface area (Å²) in [5.41, 5.74) is 1.78. The molecule has 9 heteroatoms. The molecule has 0 saturated carbocycles. The molecule has 0 unspecified atom stereocenters. The number of amides is 1. The number of ether oxygens (including phenoxy) is 2. The van der Waals surface area contributed by atoms with Crippen LogP contribution in [-0.2, 0) is 11.2 Å². The van der Waals surface area contributed by atoms with Crippen LogP contribution in [0.2, 0.25) is 0 Å². The van der Waals surface area contributed by atoms with Crippen LogP contribution in [-0.4, -0.2) is 42.0 Å². The Hall–Kier alpha value is -3.85. The van der Waals surface area contributed by atoms with Gasteiger partial charge in [-0.3, -0.25) is 14.2 Å². The van der Waals surface area contributed by atoms with E-state index in [4.69, 9.17) is 9.47 Å². The number of methoxy groups -OCH3 is 2. The molecule has 3 aromatic carbocycles. The predicted molar refractivity (Wildman–Crippen MR) is 134 cm³/mol. The first-order valence-electron chi connectivity index (χ1n) is 10.9. The van der Waals surface area contributed by atoms with E-state index in [2.05, 4.69) is 10.3 Å². The molecule has 1 heterocycles. The van der Waals surface area contributed by atoms with Crippen LogP contribution in [0.4, 0.5) is 4.39 Å². The van der Waals surface area contributed by atoms with E-state index in [1.165, 1.54) is 42.7 Å². The second kappa shape index (κ2) is 11.1. The lowest BCUT2D eigenvalue weighted by Gasteiger charge is -2.15. The highest BCUT2D eigenvalue weighted by Gasteiger charge is 2.16. The van der Waals surface area contributed by atoms with E-state index in [9.17, 15) is 14.0 Å². The standard InChI is InChI=1S/C26H24FN3O4S/c1-33-22-12-11-19(15-23(22)34-2)30-25(32)20-5-3-4-6-21(20)29-26(30)35-16-24(31)28-14-13-17-7-9-18(27)10-8-17/h3-12,15H,13-14,16H2,1-2H3,(H,28,31). The lowest BCUT2D eigenvalue weighted by atomic mass is 10.1. The van der Waals surface area contributed by atoms with Gasteiger partial charge in [0.2, 0.25) is 5.91 Å². The normalized spacial score (nSPS) is 10.8. The van der Waals surface area contributed by atoms with Gasteiger partial charge in [-0.1, -0.05) is 36.0 Å². The van der Waals surface area contributed by atoms with Crippen molar-refractivity contribution in [3.63, 3.8) is 0 Å². The summed E-state index contributed by atoms with van der Waals surface area (Å²) in [6, 6.07) is 18.4. The first-order chi connectivity index (χ1) is 17.0. The molecule has 0 aliphatic rings. The lowest BCUT2D eigenvalue weighted by Crippen LogP contribution is -2.28. The number of nitrogens with zero attached hydrogens (tertiary/aromatic N) is 2. The van der Waals surface area contributed by atoms with Crippen molar-refractivity contribution in [2.75, 3.05) is 26.5 Å². The summed E-state index contributed by atoms with van der Waals surface area (Å²) in [5.74, 6) is 0.588. The number of halogens is 1. The summed E-state index contributed by atoms with van der Waals surface area (Å²) in [5, 5.41) is 3.71. The third-order valence-corrected chi connectivity index (χ3v) is 6.29. The zero-order valence-corrected chi connectivity index (χ0v) is 20.1. The third-order valence-electron chi connectivity index (χ3n) is 5.35.